The summed E-state index contributed by atoms with van der Waals surface area (Å²) in [5, 5.41) is 0.728. The van der Waals surface area contributed by atoms with E-state index in [1.165, 1.54) is 0 Å². The zero-order valence-electron chi connectivity index (χ0n) is 6.68. The third-order valence-corrected chi connectivity index (χ3v) is 1.92. The number of hydrogen-bond acceptors (Lipinski definition) is 2. The van der Waals surface area contributed by atoms with E-state index in [0.29, 0.717) is 17.5 Å². The molecule has 0 amide bonds. The molecule has 4 heteroatoms. The first-order chi connectivity index (χ1) is 5.74. The largest absolute Gasteiger partial charge is 0.478 e. The van der Waals surface area contributed by atoms with Gasteiger partial charge in [-0.1, -0.05) is 30.1 Å². The molecule has 66 valence electrons. The van der Waals surface area contributed by atoms with Crippen LogP contribution in [-0.2, 0) is 0 Å². The summed E-state index contributed by atoms with van der Waals surface area (Å²) in [6.45, 7) is 2.67. The Morgan fingerprint density at radius 1 is 1.42 bits per heavy atom. The van der Waals surface area contributed by atoms with Crippen LogP contribution in [0, 0.1) is 0 Å². The van der Waals surface area contributed by atoms with Crippen molar-refractivity contribution in [1.82, 2.24) is 4.98 Å². The fraction of sp³-hybridized carbons (Fsp3) is 0.375. The molecule has 12 heavy (non-hydrogen) atoms. The molecule has 1 heterocycles. The van der Waals surface area contributed by atoms with Crippen LogP contribution in [-0.4, -0.2) is 11.6 Å². The van der Waals surface area contributed by atoms with Crippen LogP contribution in [0.25, 0.3) is 0 Å². The van der Waals surface area contributed by atoms with Gasteiger partial charge in [0, 0.05) is 6.07 Å². The Kier molecular flexibility index (Phi) is 3.63. The SMILES string of the molecule is CCCOc1ccc(Cl)c(Cl)n1. The van der Waals surface area contributed by atoms with Crippen LogP contribution in [0.1, 0.15) is 13.3 Å². The van der Waals surface area contributed by atoms with Crippen molar-refractivity contribution >= 4 is 23.2 Å². The summed E-state index contributed by atoms with van der Waals surface area (Å²) >= 11 is 11.3. The minimum atomic E-state index is 0.283. The van der Waals surface area contributed by atoms with Crippen LogP contribution < -0.4 is 4.74 Å². The van der Waals surface area contributed by atoms with Crippen molar-refractivity contribution in [2.24, 2.45) is 0 Å². The molecular weight excluding hydrogens is 197 g/mol. The molecule has 0 unspecified atom stereocenters. The highest BCUT2D eigenvalue weighted by Crippen LogP contribution is 2.21. The average Bonchev–Trinajstić information content (AvgIpc) is 2.07. The van der Waals surface area contributed by atoms with Crippen LogP contribution in [0.5, 0.6) is 5.88 Å². The van der Waals surface area contributed by atoms with Gasteiger partial charge in [0.05, 0.1) is 11.6 Å². The normalized spacial score (nSPS) is 9.92. The first-order valence-corrected chi connectivity index (χ1v) is 4.44. The molecule has 0 bridgehead atoms. The molecule has 0 radical (unpaired) electrons. The fourth-order valence-corrected chi connectivity index (χ4v) is 0.939. The molecular formula is C8H9Cl2NO. The highest BCUT2D eigenvalue weighted by molar-refractivity contribution is 6.41. The second kappa shape index (κ2) is 4.53. The van der Waals surface area contributed by atoms with Crippen molar-refractivity contribution in [3.05, 3.63) is 22.3 Å². The van der Waals surface area contributed by atoms with Gasteiger partial charge in [-0.2, -0.15) is 0 Å². The van der Waals surface area contributed by atoms with Crippen LogP contribution >= 0.6 is 23.2 Å². The second-order valence-corrected chi connectivity index (χ2v) is 3.04. The van der Waals surface area contributed by atoms with E-state index >= 15 is 0 Å². The number of ether oxygens (including phenoxy) is 1. The third-order valence-electron chi connectivity index (χ3n) is 1.23. The zero-order chi connectivity index (χ0) is 8.97. The van der Waals surface area contributed by atoms with E-state index in [4.69, 9.17) is 27.9 Å². The number of nitrogens with zero attached hydrogens (tertiary/aromatic N) is 1. The molecule has 2 nitrogen and oxygen atoms in total. The first kappa shape index (κ1) is 9.62. The fourth-order valence-electron chi connectivity index (χ4n) is 0.688. The molecule has 0 aliphatic heterocycles. The number of halogens is 2. The van der Waals surface area contributed by atoms with E-state index < -0.39 is 0 Å². The molecule has 0 spiro atoms. The lowest BCUT2D eigenvalue weighted by molar-refractivity contribution is 0.305. The Balaban J connectivity index is 2.69. The van der Waals surface area contributed by atoms with E-state index in [1.54, 1.807) is 12.1 Å². The van der Waals surface area contributed by atoms with E-state index in [-0.39, 0.29) is 5.15 Å². The second-order valence-electron chi connectivity index (χ2n) is 2.27. The maximum Gasteiger partial charge on any atom is 0.214 e. The topological polar surface area (TPSA) is 22.1 Å². The number of pyridine rings is 1. The number of rotatable bonds is 3. The van der Waals surface area contributed by atoms with E-state index in [9.17, 15) is 0 Å². The molecule has 0 fully saturated rings. The Morgan fingerprint density at radius 3 is 2.75 bits per heavy atom. The Bertz CT molecular complexity index is 265. The van der Waals surface area contributed by atoms with Gasteiger partial charge in [0.2, 0.25) is 5.88 Å². The molecule has 1 aromatic rings. The highest BCUT2D eigenvalue weighted by Gasteiger charge is 2.00. The van der Waals surface area contributed by atoms with Crippen LogP contribution in [0.4, 0.5) is 0 Å². The van der Waals surface area contributed by atoms with Crippen molar-refractivity contribution in [3.63, 3.8) is 0 Å². The van der Waals surface area contributed by atoms with Gasteiger partial charge in [-0.05, 0) is 12.5 Å². The maximum absolute atomic E-state index is 5.67. The lowest BCUT2D eigenvalue weighted by Gasteiger charge is -2.03. The van der Waals surface area contributed by atoms with E-state index in [0.717, 1.165) is 6.42 Å². The van der Waals surface area contributed by atoms with Crippen molar-refractivity contribution in [3.8, 4) is 5.88 Å². The quantitative estimate of drug-likeness (QED) is 0.708. The standard InChI is InChI=1S/C8H9Cl2NO/c1-2-5-12-7-4-3-6(9)8(10)11-7/h3-4H,2,5H2,1H3. The third kappa shape index (κ3) is 2.54. The molecule has 0 saturated heterocycles. The molecule has 1 aromatic heterocycles. The van der Waals surface area contributed by atoms with Gasteiger partial charge in [0.1, 0.15) is 0 Å². The van der Waals surface area contributed by atoms with Crippen molar-refractivity contribution in [2.45, 2.75) is 13.3 Å². The van der Waals surface area contributed by atoms with Crippen LogP contribution in [0.3, 0.4) is 0 Å². The van der Waals surface area contributed by atoms with Gasteiger partial charge < -0.3 is 4.74 Å². The predicted octanol–water partition coefficient (Wildman–Crippen LogP) is 3.18. The van der Waals surface area contributed by atoms with Gasteiger partial charge in [-0.25, -0.2) is 4.98 Å². The van der Waals surface area contributed by atoms with Gasteiger partial charge in [-0.15, -0.1) is 0 Å². The van der Waals surface area contributed by atoms with Gasteiger partial charge in [0.25, 0.3) is 0 Å². The first-order valence-electron chi connectivity index (χ1n) is 3.69. The summed E-state index contributed by atoms with van der Waals surface area (Å²) in [4.78, 5) is 3.92. The minimum absolute atomic E-state index is 0.283. The monoisotopic (exact) mass is 205 g/mol. The highest BCUT2D eigenvalue weighted by atomic mass is 35.5. The lowest BCUT2D eigenvalue weighted by atomic mass is 10.5. The summed E-state index contributed by atoms with van der Waals surface area (Å²) in [7, 11) is 0. The molecule has 0 aliphatic carbocycles. The molecule has 0 aliphatic rings. The van der Waals surface area contributed by atoms with Gasteiger partial charge in [-0.3, -0.25) is 0 Å². The summed E-state index contributed by atoms with van der Waals surface area (Å²) < 4.78 is 5.24. The molecule has 0 aromatic carbocycles. The summed E-state index contributed by atoms with van der Waals surface area (Å²) in [5.41, 5.74) is 0. The zero-order valence-corrected chi connectivity index (χ0v) is 8.19. The van der Waals surface area contributed by atoms with Gasteiger partial charge in [0.15, 0.2) is 5.15 Å². The smallest absolute Gasteiger partial charge is 0.214 e. The Hall–Kier alpha value is -0.470. The summed E-state index contributed by atoms with van der Waals surface area (Å²) in [6.07, 6.45) is 0.946. The predicted molar refractivity (Wildman–Crippen MR) is 50.0 cm³/mol. The summed E-state index contributed by atoms with van der Waals surface area (Å²) in [6, 6.07) is 3.37. The number of hydrogen-bond donors (Lipinski definition) is 0. The molecule has 1 rings (SSSR count). The van der Waals surface area contributed by atoms with Crippen molar-refractivity contribution in [1.29, 1.82) is 0 Å². The van der Waals surface area contributed by atoms with Crippen molar-refractivity contribution in [2.75, 3.05) is 6.61 Å². The van der Waals surface area contributed by atoms with E-state index in [1.807, 2.05) is 6.92 Å². The van der Waals surface area contributed by atoms with E-state index in [2.05, 4.69) is 4.98 Å². The molecule has 0 atom stereocenters. The molecule has 0 N–H and O–H groups in total. The van der Waals surface area contributed by atoms with Crippen LogP contribution in [0.2, 0.25) is 10.2 Å². The van der Waals surface area contributed by atoms with Crippen molar-refractivity contribution < 1.29 is 4.74 Å². The summed E-state index contributed by atoms with van der Waals surface area (Å²) in [5.74, 6) is 0.520. The minimum Gasteiger partial charge on any atom is -0.478 e. The lowest BCUT2D eigenvalue weighted by Crippen LogP contribution is -1.96. The Labute approximate surface area is 81.5 Å². The Morgan fingerprint density at radius 2 is 2.17 bits per heavy atom. The molecule has 0 saturated carbocycles. The average molecular weight is 206 g/mol. The number of aromatic nitrogens is 1. The maximum atomic E-state index is 5.67. The van der Waals surface area contributed by atoms with Crippen LogP contribution in [0.15, 0.2) is 12.1 Å². The van der Waals surface area contributed by atoms with Gasteiger partial charge >= 0.3 is 0 Å².